The van der Waals surface area contributed by atoms with Gasteiger partial charge in [-0.15, -0.1) is 0 Å². The summed E-state index contributed by atoms with van der Waals surface area (Å²) in [7, 11) is 0. The Balaban J connectivity index is 1.89. The van der Waals surface area contributed by atoms with Crippen molar-refractivity contribution < 1.29 is 19.1 Å². The van der Waals surface area contributed by atoms with Gasteiger partial charge >= 0.3 is 0 Å². The van der Waals surface area contributed by atoms with Gasteiger partial charge < -0.3 is 15.2 Å². The highest BCUT2D eigenvalue weighted by Gasteiger charge is 2.42. The maximum absolute atomic E-state index is 14.9. The van der Waals surface area contributed by atoms with Crippen LogP contribution >= 0.6 is 0 Å². The molecule has 0 saturated carbocycles. The van der Waals surface area contributed by atoms with Crippen LogP contribution in [0.1, 0.15) is 29.2 Å². The van der Waals surface area contributed by atoms with Crippen molar-refractivity contribution in [2.45, 2.75) is 26.3 Å². The van der Waals surface area contributed by atoms with Crippen molar-refractivity contribution >= 4 is 23.3 Å². The Morgan fingerprint density at radius 1 is 0.969 bits per heavy atom. The summed E-state index contributed by atoms with van der Waals surface area (Å²) >= 11 is 0. The van der Waals surface area contributed by atoms with Gasteiger partial charge in [0.1, 0.15) is 11.5 Å². The molecular formula is C26H22FN2O3-. The molecule has 1 heterocycles. The molecule has 0 spiro atoms. The van der Waals surface area contributed by atoms with Crippen molar-refractivity contribution in [3.8, 4) is 0 Å². The van der Waals surface area contributed by atoms with E-state index in [-0.39, 0.29) is 16.8 Å². The van der Waals surface area contributed by atoms with Crippen molar-refractivity contribution in [3.05, 3.63) is 107 Å². The van der Waals surface area contributed by atoms with Crippen LogP contribution in [0.15, 0.2) is 84.1 Å². The lowest BCUT2D eigenvalue weighted by Gasteiger charge is -2.28. The predicted molar refractivity (Wildman–Crippen MR) is 119 cm³/mol. The van der Waals surface area contributed by atoms with Crippen LogP contribution in [0.25, 0.3) is 0 Å². The molecule has 1 aliphatic rings. The summed E-state index contributed by atoms with van der Waals surface area (Å²) in [6, 6.07) is 19.8. The number of rotatable bonds is 6. The minimum atomic E-state index is -1.34. The maximum atomic E-state index is 14.9. The predicted octanol–water partition coefficient (Wildman–Crippen LogP) is 4.04. The topological polar surface area (TPSA) is 72.5 Å². The molecule has 4 rings (SSSR count). The lowest BCUT2D eigenvalue weighted by Crippen LogP contribution is -2.32. The van der Waals surface area contributed by atoms with E-state index in [0.717, 1.165) is 11.1 Å². The number of hydrogen-bond acceptors (Lipinski definition) is 4. The number of anilines is 2. The molecule has 5 nitrogen and oxygen atoms in total. The molecule has 0 unspecified atom stereocenters. The van der Waals surface area contributed by atoms with Gasteiger partial charge in [-0.05, 0) is 49.8 Å². The van der Waals surface area contributed by atoms with Crippen LogP contribution in [-0.2, 0) is 9.59 Å². The standard InChI is InChI=1S/C26H23FN2O3/c1-16-7-11-18(12-8-16)28-24-21(15-23(30)31)25(20-5-3-4-6-22(20)27)29(26(24)32)19-13-9-17(2)10-14-19/h3-14,25,28H,15H2,1-2H3,(H,30,31)/p-1/t25-/m0/s1. The van der Waals surface area contributed by atoms with Crippen molar-refractivity contribution in [1.82, 2.24) is 0 Å². The third kappa shape index (κ3) is 4.12. The van der Waals surface area contributed by atoms with E-state index in [1.54, 1.807) is 42.5 Å². The van der Waals surface area contributed by atoms with E-state index in [1.807, 2.05) is 38.1 Å². The van der Waals surface area contributed by atoms with Gasteiger partial charge in [0.15, 0.2) is 0 Å². The Morgan fingerprint density at radius 3 is 2.16 bits per heavy atom. The van der Waals surface area contributed by atoms with Gasteiger partial charge in [0.25, 0.3) is 5.91 Å². The van der Waals surface area contributed by atoms with Gasteiger partial charge in [-0.2, -0.15) is 0 Å². The second kappa shape index (κ2) is 8.67. The number of nitrogens with zero attached hydrogens (tertiary/aromatic N) is 1. The number of amides is 1. The number of carboxylic acids is 1. The zero-order chi connectivity index (χ0) is 22.8. The van der Waals surface area contributed by atoms with Crippen molar-refractivity contribution in [2.24, 2.45) is 0 Å². The van der Waals surface area contributed by atoms with Crippen molar-refractivity contribution in [2.75, 3.05) is 10.2 Å². The number of benzene rings is 3. The minimum absolute atomic E-state index is 0.117. The second-order valence-electron chi connectivity index (χ2n) is 7.87. The Hall–Kier alpha value is -3.93. The average molecular weight is 429 g/mol. The molecule has 0 aliphatic carbocycles. The van der Waals surface area contributed by atoms with E-state index in [1.165, 1.54) is 11.0 Å². The number of nitrogens with one attached hydrogen (secondary N) is 1. The molecule has 0 fully saturated rings. The number of aryl methyl sites for hydroxylation is 2. The largest absolute Gasteiger partial charge is 0.550 e. The molecular weight excluding hydrogens is 407 g/mol. The quantitative estimate of drug-likeness (QED) is 0.642. The molecule has 0 aromatic heterocycles. The summed E-state index contributed by atoms with van der Waals surface area (Å²) in [5.41, 5.74) is 3.82. The fourth-order valence-corrected chi connectivity index (χ4v) is 3.92. The van der Waals surface area contributed by atoms with Gasteiger partial charge in [0, 0.05) is 29.3 Å². The Kier molecular flexibility index (Phi) is 5.77. The molecule has 6 heteroatoms. The molecule has 1 N–H and O–H groups in total. The van der Waals surface area contributed by atoms with Gasteiger partial charge in [0.2, 0.25) is 0 Å². The number of carbonyl (C=O) groups is 2. The summed E-state index contributed by atoms with van der Waals surface area (Å²) in [5.74, 6) is -2.29. The highest BCUT2D eigenvalue weighted by Crippen LogP contribution is 2.43. The van der Waals surface area contributed by atoms with Gasteiger partial charge in [-0.25, -0.2) is 4.39 Å². The first-order valence-corrected chi connectivity index (χ1v) is 10.3. The Bertz CT molecular complexity index is 1200. The molecule has 32 heavy (non-hydrogen) atoms. The number of carboxylic acid groups (broad SMARTS) is 1. The fraction of sp³-hybridized carbons (Fsp3) is 0.154. The smallest absolute Gasteiger partial charge is 0.275 e. The molecule has 1 amide bonds. The van der Waals surface area contributed by atoms with E-state index in [0.29, 0.717) is 11.4 Å². The second-order valence-corrected chi connectivity index (χ2v) is 7.87. The van der Waals surface area contributed by atoms with Crippen LogP contribution in [-0.4, -0.2) is 11.9 Å². The molecule has 162 valence electrons. The van der Waals surface area contributed by atoms with Crippen LogP contribution in [0.2, 0.25) is 0 Å². The summed E-state index contributed by atoms with van der Waals surface area (Å²) in [6.07, 6.45) is -0.513. The first-order valence-electron chi connectivity index (χ1n) is 10.3. The van der Waals surface area contributed by atoms with Crippen LogP contribution in [0.3, 0.4) is 0 Å². The first kappa shape index (κ1) is 21.3. The third-order valence-electron chi connectivity index (χ3n) is 5.51. The van der Waals surface area contributed by atoms with Crippen LogP contribution in [0.5, 0.6) is 0 Å². The molecule has 3 aromatic carbocycles. The average Bonchev–Trinajstić information content (AvgIpc) is 3.01. The van der Waals surface area contributed by atoms with Gasteiger partial charge in [-0.3, -0.25) is 9.69 Å². The minimum Gasteiger partial charge on any atom is -0.550 e. The Labute approximate surface area is 185 Å². The highest BCUT2D eigenvalue weighted by molar-refractivity contribution is 6.12. The molecule has 0 bridgehead atoms. The first-order chi connectivity index (χ1) is 15.3. The number of carbonyl (C=O) groups excluding carboxylic acids is 2. The lowest BCUT2D eigenvalue weighted by molar-refractivity contribution is -0.304. The number of halogens is 1. The molecule has 1 aliphatic heterocycles. The van der Waals surface area contributed by atoms with Crippen LogP contribution in [0, 0.1) is 19.7 Å². The summed E-state index contributed by atoms with van der Waals surface area (Å²) in [5, 5.41) is 14.7. The van der Waals surface area contributed by atoms with Gasteiger partial charge in [0.05, 0.1) is 6.04 Å². The molecule has 0 saturated heterocycles. The summed E-state index contributed by atoms with van der Waals surface area (Å²) in [4.78, 5) is 26.7. The van der Waals surface area contributed by atoms with E-state index >= 15 is 0 Å². The van der Waals surface area contributed by atoms with Gasteiger partial charge in [-0.1, -0.05) is 53.6 Å². The van der Waals surface area contributed by atoms with Crippen LogP contribution < -0.4 is 15.3 Å². The van der Waals surface area contributed by atoms with E-state index < -0.39 is 30.2 Å². The normalized spacial score (nSPS) is 15.9. The van der Waals surface area contributed by atoms with Crippen LogP contribution in [0.4, 0.5) is 15.8 Å². The maximum Gasteiger partial charge on any atom is 0.275 e. The molecule has 3 aromatic rings. The molecule has 0 radical (unpaired) electrons. The zero-order valence-corrected chi connectivity index (χ0v) is 17.8. The number of aliphatic carboxylic acids is 1. The lowest BCUT2D eigenvalue weighted by atomic mass is 9.95. The number of hydrogen-bond donors (Lipinski definition) is 1. The molecule has 1 atom stereocenters. The summed E-state index contributed by atoms with van der Waals surface area (Å²) in [6.45, 7) is 3.87. The van der Waals surface area contributed by atoms with E-state index in [2.05, 4.69) is 5.32 Å². The zero-order valence-electron chi connectivity index (χ0n) is 17.8. The van der Waals surface area contributed by atoms with E-state index in [9.17, 15) is 19.1 Å². The van der Waals surface area contributed by atoms with Crippen molar-refractivity contribution in [1.29, 1.82) is 0 Å². The third-order valence-corrected chi connectivity index (χ3v) is 5.51. The van der Waals surface area contributed by atoms with Crippen molar-refractivity contribution in [3.63, 3.8) is 0 Å². The monoisotopic (exact) mass is 429 g/mol. The SMILES string of the molecule is Cc1ccc(NC2=C(CC(=O)[O-])[C@H](c3ccccc3F)N(c3ccc(C)cc3)C2=O)cc1. The fourth-order valence-electron chi connectivity index (χ4n) is 3.92. The highest BCUT2D eigenvalue weighted by atomic mass is 19.1. The summed E-state index contributed by atoms with van der Waals surface area (Å²) < 4.78 is 14.9. The Morgan fingerprint density at radius 2 is 1.56 bits per heavy atom. The van der Waals surface area contributed by atoms with E-state index in [4.69, 9.17) is 0 Å².